The molecule has 4 unspecified atom stereocenters. The number of hydrogen-bond donors (Lipinski definition) is 7. The molecule has 2 aromatic rings. The number of aromatic amines is 1. The first-order chi connectivity index (χ1) is 18.5. The van der Waals surface area contributed by atoms with E-state index in [0.717, 1.165) is 10.9 Å². The summed E-state index contributed by atoms with van der Waals surface area (Å²) in [6.07, 6.45) is 0.790. The lowest BCUT2D eigenvalue weighted by molar-refractivity contribution is -0.149. The maximum atomic E-state index is 13.6. The number of amides is 3. The van der Waals surface area contributed by atoms with Crippen molar-refractivity contribution in [1.29, 1.82) is 0 Å². The molecule has 14 heteroatoms. The van der Waals surface area contributed by atoms with E-state index in [-0.39, 0.29) is 25.8 Å². The third-order valence-electron chi connectivity index (χ3n) is 6.55. The van der Waals surface area contributed by atoms with Crippen LogP contribution in [0, 0.1) is 0 Å². The molecule has 2 heterocycles. The first kappa shape index (κ1) is 29.1. The molecule has 1 fully saturated rings. The fraction of sp³-hybridized carbons (Fsp3) is 0.440. The van der Waals surface area contributed by atoms with Crippen molar-refractivity contribution >= 4 is 46.5 Å². The number of likely N-dealkylation sites (tertiary alicyclic amines) is 1. The Balaban J connectivity index is 1.87. The van der Waals surface area contributed by atoms with Gasteiger partial charge in [0.15, 0.2) is 0 Å². The normalized spacial score (nSPS) is 17.3. The van der Waals surface area contributed by atoms with Crippen molar-refractivity contribution in [3.8, 4) is 0 Å². The molecule has 0 saturated carbocycles. The average molecular weight is 546 g/mol. The zero-order valence-corrected chi connectivity index (χ0v) is 21.0. The molecule has 0 aliphatic carbocycles. The van der Waals surface area contributed by atoms with E-state index in [2.05, 4.69) is 15.6 Å². The molecule has 3 rings (SSSR count). The van der Waals surface area contributed by atoms with Gasteiger partial charge in [-0.2, -0.15) is 0 Å². The van der Waals surface area contributed by atoms with E-state index in [0.29, 0.717) is 12.0 Å². The highest BCUT2D eigenvalue weighted by atomic mass is 16.4. The SMILES string of the molecule is NC(CC(=O)O)C(=O)NC(CCC(=O)O)C(=O)NC(Cc1c[nH]c2ccccc12)C(=O)N1CCCC1C(=O)O. The first-order valence-electron chi connectivity index (χ1n) is 12.4. The molecule has 210 valence electrons. The summed E-state index contributed by atoms with van der Waals surface area (Å²) in [5.74, 6) is -6.26. The van der Waals surface area contributed by atoms with Crippen LogP contribution in [0.1, 0.15) is 37.7 Å². The number of H-pyrrole nitrogens is 1. The molecule has 0 spiro atoms. The van der Waals surface area contributed by atoms with Crippen LogP contribution in [0.3, 0.4) is 0 Å². The highest BCUT2D eigenvalue weighted by molar-refractivity contribution is 5.95. The van der Waals surface area contributed by atoms with Crippen molar-refractivity contribution in [2.24, 2.45) is 5.73 Å². The summed E-state index contributed by atoms with van der Waals surface area (Å²) in [5.41, 5.74) is 7.04. The van der Waals surface area contributed by atoms with E-state index in [4.69, 9.17) is 15.9 Å². The number of nitrogens with one attached hydrogen (secondary N) is 3. The summed E-state index contributed by atoms with van der Waals surface area (Å²) < 4.78 is 0. The first-order valence-corrected chi connectivity index (χ1v) is 12.4. The van der Waals surface area contributed by atoms with Gasteiger partial charge in [-0.05, 0) is 30.9 Å². The van der Waals surface area contributed by atoms with Crippen LogP contribution in [0.2, 0.25) is 0 Å². The smallest absolute Gasteiger partial charge is 0.326 e. The number of aliphatic carboxylic acids is 3. The van der Waals surface area contributed by atoms with Gasteiger partial charge in [0, 0.05) is 36.5 Å². The lowest BCUT2D eigenvalue weighted by Crippen LogP contribution is -2.57. The van der Waals surface area contributed by atoms with Crippen LogP contribution in [0.25, 0.3) is 10.9 Å². The summed E-state index contributed by atoms with van der Waals surface area (Å²) in [6.45, 7) is 0.180. The summed E-state index contributed by atoms with van der Waals surface area (Å²) in [6, 6.07) is 2.03. The van der Waals surface area contributed by atoms with Gasteiger partial charge in [0.05, 0.1) is 12.5 Å². The third-order valence-corrected chi connectivity index (χ3v) is 6.55. The van der Waals surface area contributed by atoms with Gasteiger partial charge in [-0.25, -0.2) is 4.79 Å². The fourth-order valence-electron chi connectivity index (χ4n) is 4.58. The summed E-state index contributed by atoms with van der Waals surface area (Å²) in [5, 5.41) is 33.2. The molecular formula is C25H31N5O9. The number of carbonyl (C=O) groups excluding carboxylic acids is 3. The number of carboxylic acids is 3. The number of carboxylic acid groups (broad SMARTS) is 3. The predicted octanol–water partition coefficient (Wildman–Crippen LogP) is -0.578. The third kappa shape index (κ3) is 7.54. The Labute approximate surface area is 222 Å². The Morgan fingerprint density at radius 2 is 1.69 bits per heavy atom. The van der Waals surface area contributed by atoms with Gasteiger partial charge in [-0.3, -0.25) is 24.0 Å². The van der Waals surface area contributed by atoms with Gasteiger partial charge < -0.3 is 41.6 Å². The minimum Gasteiger partial charge on any atom is -0.481 e. The molecule has 1 aromatic carbocycles. The molecule has 4 atom stereocenters. The molecule has 3 amide bonds. The van der Waals surface area contributed by atoms with E-state index in [1.807, 2.05) is 18.2 Å². The quantitative estimate of drug-likeness (QED) is 0.169. The van der Waals surface area contributed by atoms with Crippen LogP contribution in [-0.2, 0) is 35.2 Å². The topological polar surface area (TPSA) is 232 Å². The number of hydrogen-bond acceptors (Lipinski definition) is 7. The van der Waals surface area contributed by atoms with Crippen molar-refractivity contribution in [2.75, 3.05) is 6.54 Å². The van der Waals surface area contributed by atoms with Gasteiger partial charge in [0.1, 0.15) is 18.1 Å². The molecule has 1 aromatic heterocycles. The van der Waals surface area contributed by atoms with Crippen LogP contribution in [0.5, 0.6) is 0 Å². The summed E-state index contributed by atoms with van der Waals surface area (Å²) >= 11 is 0. The molecule has 1 aliphatic rings. The van der Waals surface area contributed by atoms with Gasteiger partial charge >= 0.3 is 17.9 Å². The largest absolute Gasteiger partial charge is 0.481 e. The number of aromatic nitrogens is 1. The molecule has 14 nitrogen and oxygen atoms in total. The Hall–Kier alpha value is -4.46. The zero-order chi connectivity index (χ0) is 28.7. The predicted molar refractivity (Wildman–Crippen MR) is 135 cm³/mol. The fourth-order valence-corrected chi connectivity index (χ4v) is 4.58. The number of nitrogens with zero attached hydrogens (tertiary/aromatic N) is 1. The molecule has 1 saturated heterocycles. The highest BCUT2D eigenvalue weighted by Crippen LogP contribution is 2.23. The molecule has 0 bridgehead atoms. The Morgan fingerprint density at radius 1 is 1.00 bits per heavy atom. The minimum atomic E-state index is -1.49. The number of benzene rings is 1. The Bertz CT molecular complexity index is 1260. The van der Waals surface area contributed by atoms with Crippen molar-refractivity contribution in [1.82, 2.24) is 20.5 Å². The number of rotatable bonds is 13. The molecule has 39 heavy (non-hydrogen) atoms. The van der Waals surface area contributed by atoms with Crippen molar-refractivity contribution in [3.63, 3.8) is 0 Å². The molecule has 0 radical (unpaired) electrons. The molecule has 1 aliphatic heterocycles. The Kier molecular flexibility index (Phi) is 9.60. The van der Waals surface area contributed by atoms with Gasteiger partial charge in [0.2, 0.25) is 17.7 Å². The van der Waals surface area contributed by atoms with Crippen molar-refractivity contribution in [2.45, 2.75) is 62.7 Å². The van der Waals surface area contributed by atoms with Gasteiger partial charge in [0.25, 0.3) is 0 Å². The lowest BCUT2D eigenvalue weighted by Gasteiger charge is -2.29. The standard InChI is InChI=1S/C25H31N5O9/c26-15(11-21(33)34)22(35)28-17(7-8-20(31)32)23(36)29-18(24(37)30-9-3-6-19(30)25(38)39)10-13-12-27-16-5-2-1-4-14(13)16/h1-2,4-5,12,15,17-19,27H,3,6-11,26H2,(H,28,35)(H,29,36)(H,31,32)(H,33,34)(H,38,39). The summed E-state index contributed by atoms with van der Waals surface area (Å²) in [4.78, 5) is 77.4. The van der Waals surface area contributed by atoms with Crippen molar-refractivity contribution < 1.29 is 44.1 Å². The maximum absolute atomic E-state index is 13.6. The van der Waals surface area contributed by atoms with Crippen molar-refractivity contribution in [3.05, 3.63) is 36.0 Å². The van der Waals surface area contributed by atoms with E-state index >= 15 is 0 Å². The van der Waals surface area contributed by atoms with Crippen LogP contribution in [0.4, 0.5) is 0 Å². The number of fused-ring (bicyclic) bond motifs is 1. The number of nitrogens with two attached hydrogens (primary N) is 1. The summed E-state index contributed by atoms with van der Waals surface area (Å²) in [7, 11) is 0. The van der Waals surface area contributed by atoms with E-state index in [9.17, 15) is 33.9 Å². The maximum Gasteiger partial charge on any atom is 0.326 e. The van der Waals surface area contributed by atoms with E-state index in [1.54, 1.807) is 12.3 Å². The monoisotopic (exact) mass is 545 g/mol. The minimum absolute atomic E-state index is 0.0183. The molecule has 8 N–H and O–H groups in total. The molecular weight excluding hydrogens is 514 g/mol. The second-order valence-electron chi connectivity index (χ2n) is 9.35. The van der Waals surface area contributed by atoms with Gasteiger partial charge in [-0.1, -0.05) is 18.2 Å². The average Bonchev–Trinajstić information content (AvgIpc) is 3.53. The Morgan fingerprint density at radius 3 is 2.36 bits per heavy atom. The second kappa shape index (κ2) is 12.9. The van der Waals surface area contributed by atoms with Crippen LogP contribution in [0.15, 0.2) is 30.5 Å². The van der Waals surface area contributed by atoms with Crippen LogP contribution < -0.4 is 16.4 Å². The van der Waals surface area contributed by atoms with Crippen LogP contribution in [-0.4, -0.2) is 91.5 Å². The van der Waals surface area contributed by atoms with Gasteiger partial charge in [-0.15, -0.1) is 0 Å². The van der Waals surface area contributed by atoms with E-state index < -0.39 is 72.6 Å². The number of para-hydroxylation sites is 1. The zero-order valence-electron chi connectivity index (χ0n) is 21.0. The van der Waals surface area contributed by atoms with Crippen LogP contribution >= 0.6 is 0 Å². The lowest BCUT2D eigenvalue weighted by atomic mass is 10.0. The number of carbonyl (C=O) groups is 6. The van der Waals surface area contributed by atoms with E-state index in [1.165, 1.54) is 4.90 Å². The second-order valence-corrected chi connectivity index (χ2v) is 9.35. The highest BCUT2D eigenvalue weighted by Gasteiger charge is 2.38.